The zero-order valence-corrected chi connectivity index (χ0v) is 18.6. The summed E-state index contributed by atoms with van der Waals surface area (Å²) < 4.78 is 24.2. The lowest BCUT2D eigenvalue weighted by Gasteiger charge is -2.14. The Hall–Kier alpha value is -3.84. The molecule has 0 aliphatic carbocycles. The molecule has 0 bridgehead atoms. The first-order chi connectivity index (χ1) is 15.9. The summed E-state index contributed by atoms with van der Waals surface area (Å²) in [7, 11) is 3.31. The highest BCUT2D eigenvalue weighted by molar-refractivity contribution is 6.30. The standard InChI is InChI=1S/C25H19ClFN3O3/c1-28-21-11-10-18(33-2)13-19(21)22-23(28)24(31)30(17-8-5-7-16(26)12-17)25(32)29(22)14-15-6-3-4-9-20(15)27/h3-13H,14H2,1-2H3. The van der Waals surface area contributed by atoms with Crippen molar-refractivity contribution in [1.29, 1.82) is 0 Å². The van der Waals surface area contributed by atoms with E-state index in [1.165, 1.54) is 10.6 Å². The van der Waals surface area contributed by atoms with E-state index in [1.807, 2.05) is 6.07 Å². The highest BCUT2D eigenvalue weighted by Crippen LogP contribution is 2.29. The zero-order valence-electron chi connectivity index (χ0n) is 17.9. The van der Waals surface area contributed by atoms with Crippen molar-refractivity contribution in [2.45, 2.75) is 6.54 Å². The Morgan fingerprint density at radius 1 is 0.970 bits per heavy atom. The first-order valence-corrected chi connectivity index (χ1v) is 10.6. The Labute approximate surface area is 192 Å². The maximum Gasteiger partial charge on any atom is 0.336 e. The van der Waals surface area contributed by atoms with E-state index in [2.05, 4.69) is 0 Å². The van der Waals surface area contributed by atoms with Crippen molar-refractivity contribution in [1.82, 2.24) is 13.7 Å². The monoisotopic (exact) mass is 463 g/mol. The Balaban J connectivity index is 1.96. The number of aromatic nitrogens is 3. The lowest BCUT2D eigenvalue weighted by atomic mass is 10.2. The van der Waals surface area contributed by atoms with E-state index in [0.717, 1.165) is 10.1 Å². The maximum atomic E-state index is 14.6. The third-order valence-electron chi connectivity index (χ3n) is 5.83. The highest BCUT2D eigenvalue weighted by Gasteiger charge is 2.22. The summed E-state index contributed by atoms with van der Waals surface area (Å²) >= 11 is 6.14. The molecule has 0 aliphatic heterocycles. The van der Waals surface area contributed by atoms with Gasteiger partial charge in [0, 0.05) is 23.0 Å². The van der Waals surface area contributed by atoms with Gasteiger partial charge in [0.15, 0.2) is 0 Å². The van der Waals surface area contributed by atoms with Gasteiger partial charge in [-0.05, 0) is 42.5 Å². The van der Waals surface area contributed by atoms with Crippen molar-refractivity contribution in [3.05, 3.63) is 104 Å². The first kappa shape index (κ1) is 21.0. The molecule has 166 valence electrons. The average Bonchev–Trinajstić information content (AvgIpc) is 3.10. The van der Waals surface area contributed by atoms with Gasteiger partial charge >= 0.3 is 5.69 Å². The lowest BCUT2D eigenvalue weighted by molar-refractivity contribution is 0.415. The van der Waals surface area contributed by atoms with Crippen LogP contribution in [0.25, 0.3) is 27.6 Å². The fourth-order valence-corrected chi connectivity index (χ4v) is 4.43. The third kappa shape index (κ3) is 3.32. The molecule has 6 nitrogen and oxygen atoms in total. The molecular weight excluding hydrogens is 445 g/mol. The van der Waals surface area contributed by atoms with Crippen LogP contribution in [0.2, 0.25) is 5.02 Å². The number of hydrogen-bond donors (Lipinski definition) is 0. The molecule has 5 aromatic rings. The zero-order chi connectivity index (χ0) is 23.3. The van der Waals surface area contributed by atoms with E-state index in [9.17, 15) is 14.0 Å². The minimum Gasteiger partial charge on any atom is -0.497 e. The van der Waals surface area contributed by atoms with Gasteiger partial charge in [0.25, 0.3) is 5.56 Å². The quantitative estimate of drug-likeness (QED) is 0.394. The number of fused-ring (bicyclic) bond motifs is 3. The second-order valence-electron chi connectivity index (χ2n) is 7.72. The number of nitrogens with zero attached hydrogens (tertiary/aromatic N) is 3. The molecular formula is C25H19ClFN3O3. The van der Waals surface area contributed by atoms with Gasteiger partial charge in [-0.1, -0.05) is 35.9 Å². The van der Waals surface area contributed by atoms with Gasteiger partial charge in [-0.2, -0.15) is 0 Å². The van der Waals surface area contributed by atoms with Crippen molar-refractivity contribution >= 4 is 33.5 Å². The number of methoxy groups -OCH3 is 1. The molecule has 0 amide bonds. The van der Waals surface area contributed by atoms with Gasteiger partial charge in [0.1, 0.15) is 17.1 Å². The number of benzene rings is 3. The maximum absolute atomic E-state index is 14.6. The van der Waals surface area contributed by atoms with Crippen LogP contribution in [0.3, 0.4) is 0 Å². The molecule has 0 atom stereocenters. The number of ether oxygens (including phenoxy) is 1. The van der Waals surface area contributed by atoms with Crippen LogP contribution in [0, 0.1) is 5.82 Å². The van der Waals surface area contributed by atoms with E-state index in [4.69, 9.17) is 16.3 Å². The van der Waals surface area contributed by atoms with Crippen LogP contribution in [0.4, 0.5) is 4.39 Å². The predicted molar refractivity (Wildman–Crippen MR) is 127 cm³/mol. The van der Waals surface area contributed by atoms with Crippen LogP contribution < -0.4 is 16.0 Å². The number of aryl methyl sites for hydroxylation is 1. The minimum atomic E-state index is -0.590. The molecule has 33 heavy (non-hydrogen) atoms. The Morgan fingerprint density at radius 2 is 1.76 bits per heavy atom. The molecule has 0 N–H and O–H groups in total. The third-order valence-corrected chi connectivity index (χ3v) is 6.07. The molecule has 8 heteroatoms. The molecule has 3 aromatic carbocycles. The van der Waals surface area contributed by atoms with Crippen LogP contribution in [-0.4, -0.2) is 20.8 Å². The Kier molecular flexibility index (Phi) is 5.06. The van der Waals surface area contributed by atoms with Crippen LogP contribution in [0.5, 0.6) is 5.75 Å². The molecule has 0 fully saturated rings. The van der Waals surface area contributed by atoms with Crippen LogP contribution >= 0.6 is 11.6 Å². The minimum absolute atomic E-state index is 0.0564. The largest absolute Gasteiger partial charge is 0.497 e. The molecule has 2 heterocycles. The van der Waals surface area contributed by atoms with E-state index in [0.29, 0.717) is 38.4 Å². The molecule has 0 saturated carbocycles. The van der Waals surface area contributed by atoms with Crippen molar-refractivity contribution in [2.24, 2.45) is 7.05 Å². The summed E-state index contributed by atoms with van der Waals surface area (Å²) in [5.74, 6) is 0.148. The molecule has 0 saturated heterocycles. The summed E-state index contributed by atoms with van der Waals surface area (Å²) in [6, 6.07) is 18.2. The molecule has 2 aromatic heterocycles. The summed E-state index contributed by atoms with van der Waals surface area (Å²) in [6.45, 7) is -0.0564. The predicted octanol–water partition coefficient (Wildman–Crippen LogP) is 4.49. The number of halogens is 2. The van der Waals surface area contributed by atoms with Gasteiger partial charge in [-0.3, -0.25) is 9.36 Å². The van der Waals surface area contributed by atoms with E-state index in [-0.39, 0.29) is 6.54 Å². The SMILES string of the molecule is COc1ccc2c(c1)c1c(c(=O)n(-c3cccc(Cl)c3)c(=O)n1Cc1ccccc1F)n2C. The molecule has 0 radical (unpaired) electrons. The van der Waals surface area contributed by atoms with E-state index in [1.54, 1.807) is 73.3 Å². The first-order valence-electron chi connectivity index (χ1n) is 10.2. The fraction of sp³-hybridized carbons (Fsp3) is 0.120. The lowest BCUT2D eigenvalue weighted by Crippen LogP contribution is -2.39. The highest BCUT2D eigenvalue weighted by atomic mass is 35.5. The average molecular weight is 464 g/mol. The van der Waals surface area contributed by atoms with E-state index < -0.39 is 17.1 Å². The second-order valence-corrected chi connectivity index (χ2v) is 8.16. The van der Waals surface area contributed by atoms with Gasteiger partial charge in [0.05, 0.1) is 30.4 Å². The van der Waals surface area contributed by atoms with Crippen molar-refractivity contribution in [3.8, 4) is 11.4 Å². The number of hydrogen-bond acceptors (Lipinski definition) is 3. The second kappa shape index (κ2) is 7.94. The Morgan fingerprint density at radius 3 is 2.48 bits per heavy atom. The summed E-state index contributed by atoms with van der Waals surface area (Å²) in [5, 5.41) is 1.05. The van der Waals surface area contributed by atoms with Crippen molar-refractivity contribution in [2.75, 3.05) is 7.11 Å². The van der Waals surface area contributed by atoms with Crippen molar-refractivity contribution in [3.63, 3.8) is 0 Å². The molecule has 0 unspecified atom stereocenters. The summed E-state index contributed by atoms with van der Waals surface area (Å²) in [4.78, 5) is 27.4. The van der Waals surface area contributed by atoms with Gasteiger partial charge in [-0.25, -0.2) is 13.8 Å². The summed E-state index contributed by atoms with van der Waals surface area (Å²) in [5.41, 5.74) is 1.07. The van der Waals surface area contributed by atoms with Crippen LogP contribution in [0.1, 0.15) is 5.56 Å². The van der Waals surface area contributed by atoms with Gasteiger partial charge in [-0.15, -0.1) is 0 Å². The Bertz CT molecular complexity index is 1670. The van der Waals surface area contributed by atoms with Gasteiger partial charge < -0.3 is 9.30 Å². The van der Waals surface area contributed by atoms with Crippen molar-refractivity contribution < 1.29 is 9.13 Å². The summed E-state index contributed by atoms with van der Waals surface area (Å²) in [6.07, 6.45) is 0. The number of rotatable bonds is 4. The topological polar surface area (TPSA) is 58.2 Å². The fourth-order valence-electron chi connectivity index (χ4n) is 4.24. The normalized spacial score (nSPS) is 11.4. The van der Waals surface area contributed by atoms with E-state index >= 15 is 0 Å². The van der Waals surface area contributed by atoms with Crippen LogP contribution in [-0.2, 0) is 13.6 Å². The molecule has 0 spiro atoms. The van der Waals surface area contributed by atoms with Crippen LogP contribution in [0.15, 0.2) is 76.3 Å². The van der Waals surface area contributed by atoms with Gasteiger partial charge in [0.2, 0.25) is 0 Å². The molecule has 5 rings (SSSR count). The smallest absolute Gasteiger partial charge is 0.336 e. The molecule has 0 aliphatic rings.